The Morgan fingerprint density at radius 2 is 1.57 bits per heavy atom. The first-order valence-corrected chi connectivity index (χ1v) is 7.32. The lowest BCUT2D eigenvalue weighted by atomic mass is 9.81. The van der Waals surface area contributed by atoms with Gasteiger partial charge in [-0.05, 0) is 41.5 Å². The molecule has 0 unspecified atom stereocenters. The molecule has 0 fully saturated rings. The van der Waals surface area contributed by atoms with Gasteiger partial charge in [0, 0.05) is 17.3 Å². The molecule has 5 heteroatoms. The van der Waals surface area contributed by atoms with Gasteiger partial charge in [-0.2, -0.15) is 0 Å². The van der Waals surface area contributed by atoms with Crippen molar-refractivity contribution in [3.63, 3.8) is 0 Å². The van der Waals surface area contributed by atoms with Crippen LogP contribution < -0.4 is 0 Å². The third-order valence-corrected chi connectivity index (χ3v) is 3.31. The van der Waals surface area contributed by atoms with E-state index in [9.17, 15) is 9.59 Å². The first-order chi connectivity index (χ1) is 9.65. The van der Waals surface area contributed by atoms with E-state index in [1.807, 2.05) is 6.92 Å². The molecule has 0 aromatic heterocycles. The Kier molecular flexibility index (Phi) is 5.70. The second-order valence-electron chi connectivity index (χ2n) is 5.96. The van der Waals surface area contributed by atoms with Crippen LogP contribution in [0.25, 0.3) is 0 Å². The average Bonchev–Trinajstić information content (AvgIpc) is 2.24. The van der Waals surface area contributed by atoms with Gasteiger partial charge in [0.15, 0.2) is 0 Å². The summed E-state index contributed by atoms with van der Waals surface area (Å²) in [5.41, 5.74) is 1.74. The zero-order valence-corrected chi connectivity index (χ0v) is 13.9. The van der Waals surface area contributed by atoms with Crippen molar-refractivity contribution in [3.8, 4) is 0 Å². The van der Waals surface area contributed by atoms with Gasteiger partial charge in [0.1, 0.15) is 5.92 Å². The normalized spacial score (nSPS) is 22.4. The lowest BCUT2D eigenvalue weighted by molar-refractivity contribution is -0.151. The molecule has 118 valence electrons. The van der Waals surface area contributed by atoms with Crippen LogP contribution in [0.5, 0.6) is 0 Å². The van der Waals surface area contributed by atoms with Crippen LogP contribution in [0.2, 0.25) is 0 Å². The highest BCUT2D eigenvalue weighted by Crippen LogP contribution is 2.32. The minimum atomic E-state index is -0.536. The summed E-state index contributed by atoms with van der Waals surface area (Å²) in [5, 5.41) is 0. The molecule has 21 heavy (non-hydrogen) atoms. The molecule has 0 amide bonds. The number of aliphatic imine (C=N–C) groups is 1. The molecule has 0 saturated heterocycles. The lowest BCUT2D eigenvalue weighted by Crippen LogP contribution is -2.37. The molecule has 0 aromatic carbocycles. The number of nitrogens with zero attached hydrogens (tertiary/aromatic N) is 1. The Morgan fingerprint density at radius 3 is 2.05 bits per heavy atom. The summed E-state index contributed by atoms with van der Waals surface area (Å²) < 4.78 is 10.5. The summed E-state index contributed by atoms with van der Waals surface area (Å²) in [6.07, 6.45) is -0.409. The molecule has 1 aliphatic heterocycles. The molecule has 2 atom stereocenters. The largest absolute Gasteiger partial charge is 0.462 e. The summed E-state index contributed by atoms with van der Waals surface area (Å²) in [7, 11) is 0. The van der Waals surface area contributed by atoms with Crippen molar-refractivity contribution in [2.24, 2.45) is 16.8 Å². The predicted molar refractivity (Wildman–Crippen MR) is 80.9 cm³/mol. The maximum atomic E-state index is 12.2. The van der Waals surface area contributed by atoms with Gasteiger partial charge >= 0.3 is 11.9 Å². The number of esters is 2. The van der Waals surface area contributed by atoms with E-state index in [-0.39, 0.29) is 24.1 Å². The molecule has 0 bridgehead atoms. The molecule has 0 spiro atoms. The van der Waals surface area contributed by atoms with Gasteiger partial charge in [-0.3, -0.25) is 9.79 Å². The van der Waals surface area contributed by atoms with Crippen LogP contribution in [-0.2, 0) is 19.1 Å². The molecule has 0 saturated carbocycles. The second-order valence-corrected chi connectivity index (χ2v) is 5.96. The fourth-order valence-electron chi connectivity index (χ4n) is 2.54. The van der Waals surface area contributed by atoms with Gasteiger partial charge in [-0.15, -0.1) is 0 Å². The molecular formula is C16H25NO4. The van der Waals surface area contributed by atoms with Gasteiger partial charge in [-0.1, -0.05) is 6.92 Å². The Balaban J connectivity index is 3.08. The van der Waals surface area contributed by atoms with E-state index < -0.39 is 11.9 Å². The lowest BCUT2D eigenvalue weighted by Gasteiger charge is -2.29. The van der Waals surface area contributed by atoms with E-state index in [0.29, 0.717) is 17.0 Å². The fourth-order valence-corrected chi connectivity index (χ4v) is 2.54. The Morgan fingerprint density at radius 1 is 1.05 bits per heavy atom. The Labute approximate surface area is 126 Å². The maximum Gasteiger partial charge on any atom is 0.336 e. The highest BCUT2D eigenvalue weighted by atomic mass is 16.5. The van der Waals surface area contributed by atoms with E-state index in [1.54, 1.807) is 41.5 Å². The van der Waals surface area contributed by atoms with Crippen molar-refractivity contribution in [1.29, 1.82) is 0 Å². The summed E-state index contributed by atoms with van der Waals surface area (Å²) in [5.74, 6) is -1.60. The monoisotopic (exact) mass is 295 g/mol. The summed E-state index contributed by atoms with van der Waals surface area (Å²) in [4.78, 5) is 28.8. The molecule has 0 N–H and O–H groups in total. The quantitative estimate of drug-likeness (QED) is 0.748. The van der Waals surface area contributed by atoms with Crippen LogP contribution in [0.4, 0.5) is 0 Å². The number of allylic oxidation sites excluding steroid dienone is 1. The number of ether oxygens (including phenoxy) is 2. The number of carbonyl (C=O) groups is 2. The molecule has 0 aliphatic carbocycles. The highest BCUT2D eigenvalue weighted by Gasteiger charge is 2.39. The molecule has 0 radical (unpaired) electrons. The van der Waals surface area contributed by atoms with E-state index >= 15 is 0 Å². The topological polar surface area (TPSA) is 65.0 Å². The van der Waals surface area contributed by atoms with Crippen LogP contribution in [-0.4, -0.2) is 29.9 Å². The van der Waals surface area contributed by atoms with E-state index in [4.69, 9.17) is 9.47 Å². The number of rotatable bonds is 4. The van der Waals surface area contributed by atoms with Crippen molar-refractivity contribution in [2.45, 2.75) is 60.7 Å². The third-order valence-electron chi connectivity index (χ3n) is 3.31. The van der Waals surface area contributed by atoms with Gasteiger partial charge in [-0.25, -0.2) is 4.79 Å². The third kappa shape index (κ3) is 4.16. The van der Waals surface area contributed by atoms with Gasteiger partial charge < -0.3 is 9.47 Å². The number of carbonyl (C=O) groups excluding carboxylic acids is 2. The standard InChI is InChI=1S/C16H25NO4/c1-8(2)20-15(18)13-10(5)14(12(7)17-11(13)6)16(19)21-9(3)4/h8-10,13H,1-7H3/t10-,13+/m1/s1. The van der Waals surface area contributed by atoms with E-state index in [0.717, 1.165) is 0 Å². The van der Waals surface area contributed by atoms with Crippen LogP contribution in [0.15, 0.2) is 16.3 Å². The van der Waals surface area contributed by atoms with Crippen molar-refractivity contribution in [1.82, 2.24) is 0 Å². The van der Waals surface area contributed by atoms with Crippen molar-refractivity contribution >= 4 is 17.7 Å². The summed E-state index contributed by atoms with van der Waals surface area (Å²) in [6.45, 7) is 12.6. The summed E-state index contributed by atoms with van der Waals surface area (Å²) in [6, 6.07) is 0. The predicted octanol–water partition coefficient (Wildman–Crippen LogP) is 2.89. The molecule has 1 heterocycles. The zero-order chi connectivity index (χ0) is 16.3. The average molecular weight is 295 g/mol. The first kappa shape index (κ1) is 17.4. The highest BCUT2D eigenvalue weighted by molar-refractivity contribution is 6.05. The molecule has 1 aliphatic rings. The zero-order valence-electron chi connectivity index (χ0n) is 13.9. The fraction of sp³-hybridized carbons (Fsp3) is 0.688. The van der Waals surface area contributed by atoms with Gasteiger partial charge in [0.25, 0.3) is 0 Å². The Bertz CT molecular complexity index is 489. The van der Waals surface area contributed by atoms with Crippen molar-refractivity contribution in [2.75, 3.05) is 0 Å². The van der Waals surface area contributed by atoms with Gasteiger partial charge in [0.2, 0.25) is 0 Å². The van der Waals surface area contributed by atoms with Crippen molar-refractivity contribution in [3.05, 3.63) is 11.3 Å². The molecular weight excluding hydrogens is 270 g/mol. The minimum Gasteiger partial charge on any atom is -0.462 e. The van der Waals surface area contributed by atoms with Crippen LogP contribution in [0.1, 0.15) is 48.5 Å². The van der Waals surface area contributed by atoms with E-state index in [2.05, 4.69) is 4.99 Å². The summed E-state index contributed by atoms with van der Waals surface area (Å²) >= 11 is 0. The number of hydrogen-bond acceptors (Lipinski definition) is 5. The molecule has 1 rings (SSSR count). The maximum absolute atomic E-state index is 12.2. The number of hydrogen-bond donors (Lipinski definition) is 0. The van der Waals surface area contributed by atoms with E-state index in [1.165, 1.54) is 0 Å². The van der Waals surface area contributed by atoms with Gasteiger partial charge in [0.05, 0.1) is 17.8 Å². The van der Waals surface area contributed by atoms with Crippen LogP contribution in [0, 0.1) is 11.8 Å². The van der Waals surface area contributed by atoms with Crippen molar-refractivity contribution < 1.29 is 19.1 Å². The smallest absolute Gasteiger partial charge is 0.336 e. The SMILES string of the molecule is CC1=NC(C)=C(C(=O)OC(C)C)[C@H](C)[C@@H]1C(=O)OC(C)C. The molecule has 5 nitrogen and oxygen atoms in total. The van der Waals surface area contributed by atoms with Crippen LogP contribution in [0.3, 0.4) is 0 Å². The minimum absolute atomic E-state index is 0.199. The van der Waals surface area contributed by atoms with Crippen LogP contribution >= 0.6 is 0 Å². The molecule has 0 aromatic rings. The second kappa shape index (κ2) is 6.87. The Hall–Kier alpha value is -1.65. The first-order valence-electron chi connectivity index (χ1n) is 7.32.